The summed E-state index contributed by atoms with van der Waals surface area (Å²) in [5.74, 6) is 0. The van der Waals surface area contributed by atoms with Crippen LogP contribution < -0.4 is 11.3 Å². The molecule has 1 heterocycles. The number of nitrogens with zero attached hydrogens (tertiary/aromatic N) is 1. The van der Waals surface area contributed by atoms with E-state index in [4.69, 9.17) is 5.73 Å². The number of hydrogen-bond acceptors (Lipinski definition) is 2. The van der Waals surface area contributed by atoms with E-state index in [1.54, 1.807) is 18.3 Å². The highest BCUT2D eigenvalue weighted by molar-refractivity contribution is 9.10. The maximum absolute atomic E-state index is 11.3. The fraction of sp³-hybridized carbons (Fsp3) is 0.125. The van der Waals surface area contributed by atoms with Crippen LogP contribution in [0.25, 0.3) is 0 Å². The van der Waals surface area contributed by atoms with Gasteiger partial charge in [0.05, 0.1) is 5.69 Å². The van der Waals surface area contributed by atoms with Crippen molar-refractivity contribution in [3.05, 3.63) is 39.7 Å². The third-order valence-corrected chi connectivity index (χ3v) is 1.84. The lowest BCUT2D eigenvalue weighted by Gasteiger charge is -2.03. The molecule has 0 saturated heterocycles. The molecule has 0 saturated carbocycles. The first-order chi connectivity index (χ1) is 5.65. The van der Waals surface area contributed by atoms with Crippen LogP contribution in [0.15, 0.2) is 34.2 Å². The smallest absolute Gasteiger partial charge is 0.274 e. The Morgan fingerprint density at radius 3 is 3.00 bits per heavy atom. The van der Waals surface area contributed by atoms with E-state index >= 15 is 0 Å². The van der Waals surface area contributed by atoms with E-state index in [1.807, 2.05) is 0 Å². The van der Waals surface area contributed by atoms with Crippen LogP contribution in [0.1, 0.15) is 0 Å². The van der Waals surface area contributed by atoms with E-state index in [0.717, 1.165) is 4.47 Å². The zero-order valence-electron chi connectivity index (χ0n) is 6.46. The van der Waals surface area contributed by atoms with Crippen molar-refractivity contribution in [3.8, 4) is 0 Å². The number of halogens is 1. The van der Waals surface area contributed by atoms with Crippen molar-refractivity contribution in [2.24, 2.45) is 0 Å². The van der Waals surface area contributed by atoms with Crippen molar-refractivity contribution in [2.75, 3.05) is 5.73 Å². The summed E-state index contributed by atoms with van der Waals surface area (Å²) >= 11 is 3.24. The predicted octanol–water partition coefficient (Wildman–Crippen LogP) is 1.38. The Balaban J connectivity index is 3.27. The number of hydrogen-bond donors (Lipinski definition) is 1. The molecule has 0 spiro atoms. The maximum Gasteiger partial charge on any atom is 0.274 e. The molecular weight excluding hydrogens is 220 g/mol. The van der Waals surface area contributed by atoms with Gasteiger partial charge < -0.3 is 10.3 Å². The van der Waals surface area contributed by atoms with Gasteiger partial charge in [0.15, 0.2) is 0 Å². The fourth-order valence-corrected chi connectivity index (χ4v) is 1.39. The molecule has 3 nitrogen and oxygen atoms in total. The van der Waals surface area contributed by atoms with E-state index in [-0.39, 0.29) is 11.2 Å². The number of allylic oxidation sites excluding steroid dienone is 1. The molecule has 0 amide bonds. The molecule has 0 aliphatic heterocycles. The maximum atomic E-state index is 11.3. The Morgan fingerprint density at radius 2 is 2.42 bits per heavy atom. The van der Waals surface area contributed by atoms with Crippen molar-refractivity contribution < 1.29 is 0 Å². The molecule has 4 heteroatoms. The van der Waals surface area contributed by atoms with Gasteiger partial charge in [-0.05, 0) is 22.0 Å². The number of anilines is 1. The molecule has 64 valence electrons. The van der Waals surface area contributed by atoms with Crippen LogP contribution in [-0.2, 0) is 6.54 Å². The molecule has 0 atom stereocenters. The summed E-state index contributed by atoms with van der Waals surface area (Å²) in [6, 6.07) is 1.59. The van der Waals surface area contributed by atoms with Gasteiger partial charge in [-0.3, -0.25) is 4.79 Å². The molecule has 12 heavy (non-hydrogen) atoms. The van der Waals surface area contributed by atoms with Crippen LogP contribution >= 0.6 is 15.9 Å². The Hall–Kier alpha value is -1.03. The average Bonchev–Trinajstić information content (AvgIpc) is 2.00. The average molecular weight is 229 g/mol. The van der Waals surface area contributed by atoms with E-state index in [9.17, 15) is 4.79 Å². The highest BCUT2D eigenvalue weighted by Crippen LogP contribution is 2.09. The quantitative estimate of drug-likeness (QED) is 0.778. The van der Waals surface area contributed by atoms with Gasteiger partial charge in [-0.25, -0.2) is 0 Å². The van der Waals surface area contributed by atoms with Crippen LogP contribution in [0.2, 0.25) is 0 Å². The summed E-state index contributed by atoms with van der Waals surface area (Å²) < 4.78 is 2.29. The number of aromatic nitrogens is 1. The lowest BCUT2D eigenvalue weighted by Crippen LogP contribution is -2.21. The standard InChI is InChI=1S/C8H9BrN2O/c1-2-3-11-5-6(9)4-7(10)8(11)12/h2,4-5H,1,3,10H2. The van der Waals surface area contributed by atoms with E-state index < -0.39 is 0 Å². The predicted molar refractivity (Wildman–Crippen MR) is 53.0 cm³/mol. The molecule has 1 aromatic rings. The van der Waals surface area contributed by atoms with Gasteiger partial charge in [-0.1, -0.05) is 6.08 Å². The first kappa shape index (κ1) is 9.06. The summed E-state index contributed by atoms with van der Waals surface area (Å²) in [5.41, 5.74) is 5.51. The second-order valence-electron chi connectivity index (χ2n) is 2.36. The normalized spacial score (nSPS) is 9.75. The van der Waals surface area contributed by atoms with Crippen molar-refractivity contribution in [1.82, 2.24) is 4.57 Å². The van der Waals surface area contributed by atoms with Crippen molar-refractivity contribution in [3.63, 3.8) is 0 Å². The number of rotatable bonds is 2. The lowest BCUT2D eigenvalue weighted by molar-refractivity contribution is 0.780. The van der Waals surface area contributed by atoms with E-state index in [1.165, 1.54) is 4.57 Å². The van der Waals surface area contributed by atoms with Crippen molar-refractivity contribution >= 4 is 21.6 Å². The Kier molecular flexibility index (Phi) is 2.70. The van der Waals surface area contributed by atoms with Crippen LogP contribution in [-0.4, -0.2) is 4.57 Å². The summed E-state index contributed by atoms with van der Waals surface area (Å²) in [5, 5.41) is 0. The molecule has 0 fully saturated rings. The zero-order valence-corrected chi connectivity index (χ0v) is 8.04. The molecule has 0 bridgehead atoms. The van der Waals surface area contributed by atoms with Gasteiger partial charge in [0.2, 0.25) is 0 Å². The molecule has 0 aromatic carbocycles. The van der Waals surface area contributed by atoms with E-state index in [0.29, 0.717) is 6.54 Å². The number of pyridine rings is 1. The molecule has 1 rings (SSSR count). The molecule has 0 unspecified atom stereocenters. The molecule has 0 aliphatic rings. The Morgan fingerprint density at radius 1 is 1.75 bits per heavy atom. The highest BCUT2D eigenvalue weighted by Gasteiger charge is 1.99. The largest absolute Gasteiger partial charge is 0.394 e. The fourth-order valence-electron chi connectivity index (χ4n) is 0.896. The van der Waals surface area contributed by atoms with Crippen LogP contribution in [0.4, 0.5) is 5.69 Å². The third-order valence-electron chi connectivity index (χ3n) is 1.41. The zero-order chi connectivity index (χ0) is 9.14. The van der Waals surface area contributed by atoms with Gasteiger partial charge in [0.25, 0.3) is 5.56 Å². The molecule has 0 radical (unpaired) electrons. The summed E-state index contributed by atoms with van der Waals surface area (Å²) in [6.45, 7) is 4.02. The van der Waals surface area contributed by atoms with Crippen LogP contribution in [0.3, 0.4) is 0 Å². The topological polar surface area (TPSA) is 48.0 Å². The van der Waals surface area contributed by atoms with Gasteiger partial charge in [0.1, 0.15) is 0 Å². The molecule has 1 aromatic heterocycles. The molecular formula is C8H9BrN2O. The van der Waals surface area contributed by atoms with Gasteiger partial charge in [0, 0.05) is 17.2 Å². The minimum atomic E-state index is -0.182. The van der Waals surface area contributed by atoms with E-state index in [2.05, 4.69) is 22.5 Å². The minimum absolute atomic E-state index is 0.182. The summed E-state index contributed by atoms with van der Waals surface area (Å²) in [4.78, 5) is 11.3. The van der Waals surface area contributed by atoms with Crippen LogP contribution in [0, 0.1) is 0 Å². The Labute approximate surface area is 78.6 Å². The monoisotopic (exact) mass is 228 g/mol. The first-order valence-corrected chi connectivity index (χ1v) is 4.21. The van der Waals surface area contributed by atoms with Crippen molar-refractivity contribution in [2.45, 2.75) is 6.54 Å². The Bertz CT molecular complexity index is 357. The molecule has 2 N–H and O–H groups in total. The van der Waals surface area contributed by atoms with Crippen molar-refractivity contribution in [1.29, 1.82) is 0 Å². The third kappa shape index (κ3) is 1.76. The number of nitrogens with two attached hydrogens (primary N) is 1. The summed E-state index contributed by atoms with van der Waals surface area (Å²) in [7, 11) is 0. The number of nitrogen functional groups attached to an aromatic ring is 1. The minimum Gasteiger partial charge on any atom is -0.394 e. The lowest BCUT2D eigenvalue weighted by atomic mass is 10.4. The van der Waals surface area contributed by atoms with Crippen LogP contribution in [0.5, 0.6) is 0 Å². The second-order valence-corrected chi connectivity index (χ2v) is 3.28. The summed E-state index contributed by atoms with van der Waals surface area (Å²) in [6.07, 6.45) is 3.33. The van der Waals surface area contributed by atoms with Gasteiger partial charge >= 0.3 is 0 Å². The SMILES string of the molecule is C=CCn1cc(Br)cc(N)c1=O. The highest BCUT2D eigenvalue weighted by atomic mass is 79.9. The van der Waals surface area contributed by atoms with Gasteiger partial charge in [-0.15, -0.1) is 6.58 Å². The molecule has 0 aliphatic carbocycles. The van der Waals surface area contributed by atoms with Gasteiger partial charge in [-0.2, -0.15) is 0 Å². The first-order valence-electron chi connectivity index (χ1n) is 3.41. The second kappa shape index (κ2) is 3.58.